The summed E-state index contributed by atoms with van der Waals surface area (Å²) in [5, 5.41) is 13.2. The van der Waals surface area contributed by atoms with Gasteiger partial charge in [0.2, 0.25) is 11.8 Å². The third-order valence-corrected chi connectivity index (χ3v) is 3.39. The molecule has 5 nitrogen and oxygen atoms in total. The molecule has 0 radical (unpaired) electrons. The average Bonchev–Trinajstić information content (AvgIpc) is 2.77. The number of ether oxygens (including phenoxy) is 1. The Labute approximate surface area is 115 Å². The Kier molecular flexibility index (Phi) is 3.23. The lowest BCUT2D eigenvalue weighted by Gasteiger charge is -2.18. The van der Waals surface area contributed by atoms with Gasteiger partial charge < -0.3 is 15.2 Å². The molecule has 3 rings (SSSR count). The fraction of sp³-hybridized carbons (Fsp3) is 0.286. The van der Waals surface area contributed by atoms with Crippen LogP contribution in [0.2, 0.25) is 0 Å². The second-order valence-electron chi connectivity index (χ2n) is 4.64. The van der Waals surface area contributed by atoms with Gasteiger partial charge in [-0.25, -0.2) is 4.98 Å². The number of nitrogens with zero attached hydrogens (tertiary/aromatic N) is 2. The van der Waals surface area contributed by atoms with E-state index in [1.54, 1.807) is 0 Å². The van der Waals surface area contributed by atoms with E-state index in [4.69, 9.17) is 4.74 Å². The van der Waals surface area contributed by atoms with Crippen LogP contribution in [-0.4, -0.2) is 28.3 Å². The summed E-state index contributed by atoms with van der Waals surface area (Å²) < 4.78 is 18.1. The van der Waals surface area contributed by atoms with Gasteiger partial charge in [0.25, 0.3) is 5.88 Å². The number of hydrogen-bond acceptors (Lipinski definition) is 5. The summed E-state index contributed by atoms with van der Waals surface area (Å²) in [5.74, 6) is -0.516. The summed E-state index contributed by atoms with van der Waals surface area (Å²) in [5.41, 5.74) is 2.10. The molecule has 104 valence electrons. The van der Waals surface area contributed by atoms with Crippen LogP contribution in [0.4, 0.5) is 10.3 Å². The molecule has 1 aromatic heterocycles. The van der Waals surface area contributed by atoms with E-state index in [2.05, 4.69) is 15.3 Å². The number of aliphatic hydroxyl groups is 1. The van der Waals surface area contributed by atoms with Gasteiger partial charge in [-0.05, 0) is 11.1 Å². The van der Waals surface area contributed by atoms with Crippen molar-refractivity contribution < 1.29 is 14.2 Å². The predicted octanol–water partition coefficient (Wildman–Crippen LogP) is 1.69. The van der Waals surface area contributed by atoms with Gasteiger partial charge >= 0.3 is 0 Å². The Bertz CT molecular complexity index is 636. The minimum Gasteiger partial charge on any atom is -0.479 e. The van der Waals surface area contributed by atoms with Gasteiger partial charge in [-0.15, -0.1) is 0 Å². The minimum absolute atomic E-state index is 0.122. The number of aromatic nitrogens is 2. The van der Waals surface area contributed by atoms with Gasteiger partial charge in [0, 0.05) is 6.42 Å². The van der Waals surface area contributed by atoms with Crippen LogP contribution < -0.4 is 10.1 Å². The number of nitrogens with one attached hydrogen (secondary N) is 1. The SMILES string of the molecule is COc1nc(N[C@H]2c3ccccc3C[C@H]2O)ncc1F. The van der Waals surface area contributed by atoms with Gasteiger partial charge in [-0.3, -0.25) is 0 Å². The molecule has 1 aliphatic rings. The summed E-state index contributed by atoms with van der Waals surface area (Å²) in [6.07, 6.45) is 1.06. The van der Waals surface area contributed by atoms with Crippen LogP contribution in [0.5, 0.6) is 5.88 Å². The second kappa shape index (κ2) is 5.05. The van der Waals surface area contributed by atoms with E-state index in [1.807, 2.05) is 24.3 Å². The Balaban J connectivity index is 1.88. The first kappa shape index (κ1) is 12.8. The molecule has 0 fully saturated rings. The maximum Gasteiger partial charge on any atom is 0.255 e. The highest BCUT2D eigenvalue weighted by molar-refractivity contribution is 5.42. The minimum atomic E-state index is -0.620. The van der Waals surface area contributed by atoms with E-state index in [0.717, 1.165) is 17.3 Å². The highest BCUT2D eigenvalue weighted by Crippen LogP contribution is 2.33. The molecule has 0 bridgehead atoms. The zero-order chi connectivity index (χ0) is 14.1. The van der Waals surface area contributed by atoms with Gasteiger partial charge in [-0.1, -0.05) is 24.3 Å². The number of anilines is 1. The molecule has 0 aliphatic heterocycles. The van der Waals surface area contributed by atoms with E-state index in [-0.39, 0.29) is 17.9 Å². The number of hydrogen-bond donors (Lipinski definition) is 2. The number of aliphatic hydroxyl groups excluding tert-OH is 1. The third kappa shape index (κ3) is 2.18. The molecule has 0 spiro atoms. The Hall–Kier alpha value is -2.21. The number of benzene rings is 1. The fourth-order valence-corrected chi connectivity index (χ4v) is 2.45. The molecule has 20 heavy (non-hydrogen) atoms. The van der Waals surface area contributed by atoms with Gasteiger partial charge in [-0.2, -0.15) is 9.37 Å². The van der Waals surface area contributed by atoms with Gasteiger partial charge in [0.05, 0.1) is 25.5 Å². The number of methoxy groups -OCH3 is 1. The summed E-state index contributed by atoms with van der Waals surface area (Å²) in [6, 6.07) is 7.47. The van der Waals surface area contributed by atoms with Crippen molar-refractivity contribution in [3.63, 3.8) is 0 Å². The van der Waals surface area contributed by atoms with Crippen LogP contribution in [0.3, 0.4) is 0 Å². The monoisotopic (exact) mass is 275 g/mol. The van der Waals surface area contributed by atoms with E-state index >= 15 is 0 Å². The van der Waals surface area contributed by atoms with Crippen LogP contribution in [0.1, 0.15) is 17.2 Å². The summed E-state index contributed by atoms with van der Waals surface area (Å²) in [6.45, 7) is 0. The first-order chi connectivity index (χ1) is 9.69. The van der Waals surface area contributed by atoms with Crippen molar-refractivity contribution in [3.8, 4) is 5.88 Å². The molecule has 2 aromatic rings. The van der Waals surface area contributed by atoms with E-state index < -0.39 is 11.9 Å². The molecular formula is C14H14FN3O2. The van der Waals surface area contributed by atoms with E-state index in [1.165, 1.54) is 7.11 Å². The highest BCUT2D eigenvalue weighted by Gasteiger charge is 2.31. The summed E-state index contributed by atoms with van der Waals surface area (Å²) in [4.78, 5) is 7.80. The smallest absolute Gasteiger partial charge is 0.255 e. The van der Waals surface area contributed by atoms with Crippen molar-refractivity contribution in [1.82, 2.24) is 9.97 Å². The van der Waals surface area contributed by atoms with Crippen LogP contribution in [0, 0.1) is 5.82 Å². The summed E-state index contributed by atoms with van der Waals surface area (Å²) in [7, 11) is 1.34. The second-order valence-corrected chi connectivity index (χ2v) is 4.64. The largest absolute Gasteiger partial charge is 0.479 e. The van der Waals surface area contributed by atoms with Crippen molar-refractivity contribution in [1.29, 1.82) is 0 Å². The Morgan fingerprint density at radius 2 is 2.20 bits per heavy atom. The third-order valence-electron chi connectivity index (χ3n) is 3.39. The molecule has 1 aliphatic carbocycles. The predicted molar refractivity (Wildman–Crippen MR) is 71.1 cm³/mol. The number of rotatable bonds is 3. The Morgan fingerprint density at radius 3 is 3.00 bits per heavy atom. The van der Waals surface area contributed by atoms with Crippen molar-refractivity contribution in [2.75, 3.05) is 12.4 Å². The molecule has 2 atom stereocenters. The average molecular weight is 275 g/mol. The van der Waals surface area contributed by atoms with Crippen LogP contribution >= 0.6 is 0 Å². The van der Waals surface area contributed by atoms with Crippen LogP contribution in [0.25, 0.3) is 0 Å². The molecule has 1 heterocycles. The Morgan fingerprint density at radius 1 is 1.40 bits per heavy atom. The van der Waals surface area contributed by atoms with E-state index in [0.29, 0.717) is 6.42 Å². The molecule has 0 saturated carbocycles. The lowest BCUT2D eigenvalue weighted by molar-refractivity contribution is 0.165. The normalized spacial score (nSPS) is 20.6. The van der Waals surface area contributed by atoms with Crippen molar-refractivity contribution in [2.45, 2.75) is 18.6 Å². The van der Waals surface area contributed by atoms with Crippen molar-refractivity contribution in [3.05, 3.63) is 47.4 Å². The standard InChI is InChI=1S/C14H14FN3O2/c1-20-13-10(15)7-16-14(18-13)17-12-9-5-3-2-4-8(9)6-11(12)19/h2-5,7,11-12,19H,6H2,1H3,(H,16,17,18)/t11-,12+/m1/s1. The van der Waals surface area contributed by atoms with Gasteiger partial charge in [0.1, 0.15) is 0 Å². The molecular weight excluding hydrogens is 261 g/mol. The highest BCUT2D eigenvalue weighted by atomic mass is 19.1. The molecule has 1 aromatic carbocycles. The number of fused-ring (bicyclic) bond motifs is 1. The van der Waals surface area contributed by atoms with Crippen LogP contribution in [-0.2, 0) is 6.42 Å². The first-order valence-corrected chi connectivity index (χ1v) is 6.28. The van der Waals surface area contributed by atoms with E-state index in [9.17, 15) is 9.50 Å². The molecule has 0 amide bonds. The quantitative estimate of drug-likeness (QED) is 0.892. The lowest BCUT2D eigenvalue weighted by Crippen LogP contribution is -2.22. The molecule has 2 N–H and O–H groups in total. The topological polar surface area (TPSA) is 67.3 Å². The zero-order valence-corrected chi connectivity index (χ0v) is 10.9. The fourth-order valence-electron chi connectivity index (χ4n) is 2.45. The molecule has 0 unspecified atom stereocenters. The summed E-state index contributed by atoms with van der Waals surface area (Å²) >= 11 is 0. The molecule has 6 heteroatoms. The van der Waals surface area contributed by atoms with Crippen molar-refractivity contribution >= 4 is 5.95 Å². The van der Waals surface area contributed by atoms with Crippen LogP contribution in [0.15, 0.2) is 30.5 Å². The first-order valence-electron chi connectivity index (χ1n) is 6.28. The zero-order valence-electron chi connectivity index (χ0n) is 10.9. The maximum atomic E-state index is 13.3. The lowest BCUT2D eigenvalue weighted by atomic mass is 10.1. The number of halogens is 1. The molecule has 0 saturated heterocycles. The van der Waals surface area contributed by atoms with Crippen molar-refractivity contribution in [2.24, 2.45) is 0 Å². The maximum absolute atomic E-state index is 13.3. The van der Waals surface area contributed by atoms with Gasteiger partial charge in [0.15, 0.2) is 0 Å².